The van der Waals surface area contributed by atoms with Crippen LogP contribution < -0.4 is 0 Å². The summed E-state index contributed by atoms with van der Waals surface area (Å²) >= 11 is 0. The van der Waals surface area contributed by atoms with Gasteiger partial charge < -0.3 is 14.5 Å². The molecule has 1 aliphatic rings. The molecule has 28 heavy (non-hydrogen) atoms. The predicted molar refractivity (Wildman–Crippen MR) is 103 cm³/mol. The molecular formula is C20H20N6O2. The van der Waals surface area contributed by atoms with Gasteiger partial charge in [0.1, 0.15) is 5.65 Å². The number of nitrogens with one attached hydrogen (secondary N) is 1. The minimum Gasteiger partial charge on any atom is -0.483 e. The van der Waals surface area contributed by atoms with Gasteiger partial charge >= 0.3 is 0 Å². The van der Waals surface area contributed by atoms with Crippen LogP contribution in [-0.2, 0) is 17.8 Å². The van der Waals surface area contributed by atoms with Crippen LogP contribution in [0.1, 0.15) is 28.7 Å². The Kier molecular flexibility index (Phi) is 5.11. The van der Waals surface area contributed by atoms with E-state index in [9.17, 15) is 0 Å². The molecule has 2 N–H and O–H groups in total. The topological polar surface area (TPSA) is 99.4 Å². The summed E-state index contributed by atoms with van der Waals surface area (Å²) in [6, 6.07) is 10.3. The summed E-state index contributed by atoms with van der Waals surface area (Å²) in [5, 5.41) is 6.89. The number of carbonyl (C=O) groups is 1. The third kappa shape index (κ3) is 3.49. The molecule has 5 rings (SSSR count). The minimum atomic E-state index is -0.250. The SMILES string of the molecule is O=CO.c1cncc(C2c3nc[nH]c3CCN2Cc2cn3ccccc3n2)c1. The molecule has 1 atom stereocenters. The third-order valence-corrected chi connectivity index (χ3v) is 4.80. The van der Waals surface area contributed by atoms with Gasteiger partial charge in [-0.15, -0.1) is 0 Å². The van der Waals surface area contributed by atoms with Gasteiger partial charge in [-0.05, 0) is 23.8 Å². The molecule has 1 unspecified atom stereocenters. The smallest absolute Gasteiger partial charge is 0.290 e. The number of imidazole rings is 2. The fourth-order valence-electron chi connectivity index (χ4n) is 3.67. The van der Waals surface area contributed by atoms with Crippen LogP contribution in [0.15, 0.2) is 61.4 Å². The number of H-pyrrole nitrogens is 1. The van der Waals surface area contributed by atoms with Gasteiger partial charge in [0.05, 0.1) is 23.8 Å². The number of aromatic amines is 1. The van der Waals surface area contributed by atoms with E-state index in [0.717, 1.165) is 36.5 Å². The van der Waals surface area contributed by atoms with Crippen molar-refractivity contribution in [3.8, 4) is 0 Å². The fraction of sp³-hybridized carbons (Fsp3) is 0.200. The summed E-state index contributed by atoms with van der Waals surface area (Å²) in [5.74, 6) is 0. The molecule has 1 aliphatic heterocycles. The highest BCUT2D eigenvalue weighted by Gasteiger charge is 2.31. The Morgan fingerprint density at radius 1 is 1.29 bits per heavy atom. The highest BCUT2D eigenvalue weighted by molar-refractivity contribution is 5.39. The zero-order valence-electron chi connectivity index (χ0n) is 15.1. The number of fused-ring (bicyclic) bond motifs is 2. The van der Waals surface area contributed by atoms with Crippen LogP contribution in [0.25, 0.3) is 5.65 Å². The van der Waals surface area contributed by atoms with E-state index in [1.165, 1.54) is 11.3 Å². The molecule has 5 heterocycles. The van der Waals surface area contributed by atoms with Crippen LogP contribution >= 0.6 is 0 Å². The largest absolute Gasteiger partial charge is 0.483 e. The summed E-state index contributed by atoms with van der Waals surface area (Å²) < 4.78 is 2.07. The van der Waals surface area contributed by atoms with E-state index < -0.39 is 0 Å². The first-order valence-corrected chi connectivity index (χ1v) is 8.96. The van der Waals surface area contributed by atoms with Crippen molar-refractivity contribution < 1.29 is 9.90 Å². The lowest BCUT2D eigenvalue weighted by Crippen LogP contribution is -2.36. The maximum absolute atomic E-state index is 8.36. The van der Waals surface area contributed by atoms with Crippen LogP contribution in [-0.4, -0.2) is 47.4 Å². The van der Waals surface area contributed by atoms with E-state index in [-0.39, 0.29) is 12.5 Å². The molecule has 0 aliphatic carbocycles. The number of pyridine rings is 2. The normalized spacial score (nSPS) is 16.2. The van der Waals surface area contributed by atoms with Crippen molar-refractivity contribution in [1.82, 2.24) is 29.2 Å². The Hall–Kier alpha value is -3.52. The lowest BCUT2D eigenvalue weighted by molar-refractivity contribution is -0.122. The fourth-order valence-corrected chi connectivity index (χ4v) is 3.67. The molecule has 142 valence electrons. The van der Waals surface area contributed by atoms with Crippen LogP contribution in [0.4, 0.5) is 0 Å². The first-order chi connectivity index (χ1) is 13.8. The van der Waals surface area contributed by atoms with E-state index in [1.807, 2.05) is 42.9 Å². The molecule has 0 aromatic carbocycles. The van der Waals surface area contributed by atoms with Gasteiger partial charge in [0.15, 0.2) is 0 Å². The summed E-state index contributed by atoms with van der Waals surface area (Å²) in [4.78, 5) is 27.7. The van der Waals surface area contributed by atoms with Crippen molar-refractivity contribution in [3.05, 3.63) is 84.1 Å². The number of carboxylic acid groups (broad SMARTS) is 1. The Morgan fingerprint density at radius 2 is 2.18 bits per heavy atom. The molecule has 0 radical (unpaired) electrons. The second kappa shape index (κ2) is 8.01. The molecule has 4 aromatic rings. The highest BCUT2D eigenvalue weighted by atomic mass is 16.3. The average molecular weight is 376 g/mol. The molecule has 0 spiro atoms. The molecule has 8 heteroatoms. The lowest BCUT2D eigenvalue weighted by Gasteiger charge is -2.34. The Balaban J connectivity index is 0.000000604. The summed E-state index contributed by atoms with van der Waals surface area (Å²) in [6.45, 7) is 1.50. The van der Waals surface area contributed by atoms with Gasteiger partial charge in [-0.2, -0.15) is 0 Å². The second-order valence-corrected chi connectivity index (χ2v) is 6.48. The van der Waals surface area contributed by atoms with Crippen molar-refractivity contribution in [3.63, 3.8) is 0 Å². The second-order valence-electron chi connectivity index (χ2n) is 6.48. The standard InChI is InChI=1S/C19H18N6.CH2O2/c1-2-8-24-11-15(23-17(24)5-1)12-25-9-6-16-18(22-13-21-16)19(25)14-4-3-7-20-10-14;2-1-3/h1-5,7-8,10-11,13,19H,6,9,12H2,(H,21,22);1H,(H,2,3). The zero-order valence-corrected chi connectivity index (χ0v) is 15.1. The summed E-state index contributed by atoms with van der Waals surface area (Å²) in [5.41, 5.74) is 5.54. The average Bonchev–Trinajstić information content (AvgIpc) is 3.35. The maximum Gasteiger partial charge on any atom is 0.290 e. The molecule has 0 fully saturated rings. The Labute approximate surface area is 161 Å². The molecule has 0 amide bonds. The minimum absolute atomic E-state index is 0.105. The van der Waals surface area contributed by atoms with Gasteiger partial charge in [0.2, 0.25) is 0 Å². The quantitative estimate of drug-likeness (QED) is 0.532. The number of hydrogen-bond acceptors (Lipinski definition) is 5. The van der Waals surface area contributed by atoms with E-state index in [0.29, 0.717) is 0 Å². The summed E-state index contributed by atoms with van der Waals surface area (Å²) in [7, 11) is 0. The van der Waals surface area contributed by atoms with Crippen molar-refractivity contribution in [2.45, 2.75) is 19.0 Å². The molecule has 0 bridgehead atoms. The first kappa shape index (κ1) is 17.9. The summed E-state index contributed by atoms with van der Waals surface area (Å²) in [6.07, 6.45) is 10.7. The van der Waals surface area contributed by atoms with E-state index in [4.69, 9.17) is 14.9 Å². The number of nitrogens with zero attached hydrogens (tertiary/aromatic N) is 5. The van der Waals surface area contributed by atoms with Gasteiger partial charge in [-0.3, -0.25) is 14.7 Å². The molecule has 8 nitrogen and oxygen atoms in total. The third-order valence-electron chi connectivity index (χ3n) is 4.80. The predicted octanol–water partition coefficient (Wildman–Crippen LogP) is 2.30. The number of hydrogen-bond donors (Lipinski definition) is 2. The number of rotatable bonds is 3. The van der Waals surface area contributed by atoms with Crippen LogP contribution in [0.5, 0.6) is 0 Å². The van der Waals surface area contributed by atoms with Crippen LogP contribution in [0.3, 0.4) is 0 Å². The number of aromatic nitrogens is 5. The zero-order chi connectivity index (χ0) is 19.3. The van der Waals surface area contributed by atoms with Crippen LogP contribution in [0.2, 0.25) is 0 Å². The van der Waals surface area contributed by atoms with Gasteiger partial charge in [0, 0.05) is 50.0 Å². The van der Waals surface area contributed by atoms with E-state index >= 15 is 0 Å². The Bertz CT molecular complexity index is 1030. The van der Waals surface area contributed by atoms with Gasteiger partial charge in [-0.25, -0.2) is 9.97 Å². The van der Waals surface area contributed by atoms with E-state index in [1.54, 1.807) is 6.33 Å². The molecule has 0 saturated heterocycles. The highest BCUT2D eigenvalue weighted by Crippen LogP contribution is 2.33. The van der Waals surface area contributed by atoms with Crippen molar-refractivity contribution >= 4 is 12.1 Å². The van der Waals surface area contributed by atoms with E-state index in [2.05, 4.69) is 36.5 Å². The maximum atomic E-state index is 8.36. The molecule has 0 saturated carbocycles. The van der Waals surface area contributed by atoms with Crippen LogP contribution in [0, 0.1) is 0 Å². The first-order valence-electron chi connectivity index (χ1n) is 8.96. The Morgan fingerprint density at radius 3 is 2.96 bits per heavy atom. The lowest BCUT2D eigenvalue weighted by atomic mass is 9.96. The van der Waals surface area contributed by atoms with Crippen molar-refractivity contribution in [2.24, 2.45) is 0 Å². The van der Waals surface area contributed by atoms with Crippen molar-refractivity contribution in [1.29, 1.82) is 0 Å². The van der Waals surface area contributed by atoms with Gasteiger partial charge in [-0.1, -0.05) is 12.1 Å². The molecule has 4 aromatic heterocycles. The van der Waals surface area contributed by atoms with Gasteiger partial charge in [0.25, 0.3) is 6.47 Å². The van der Waals surface area contributed by atoms with Crippen molar-refractivity contribution in [2.75, 3.05) is 6.54 Å². The molecular weight excluding hydrogens is 356 g/mol. The monoisotopic (exact) mass is 376 g/mol.